The number of nitrogens with two attached hydrogens (primary N) is 1. The number of H-pyrrole nitrogens is 1. The molecule has 0 radical (unpaired) electrons. The first-order valence-corrected chi connectivity index (χ1v) is 5.22. The summed E-state index contributed by atoms with van der Waals surface area (Å²) in [5.41, 5.74) is 8.55. The van der Waals surface area contributed by atoms with Crippen molar-refractivity contribution in [2.24, 2.45) is 5.73 Å². The Morgan fingerprint density at radius 3 is 2.69 bits per heavy atom. The van der Waals surface area contributed by atoms with Gasteiger partial charge < -0.3 is 10.5 Å². The van der Waals surface area contributed by atoms with E-state index in [0.29, 0.717) is 6.54 Å². The van der Waals surface area contributed by atoms with Crippen molar-refractivity contribution in [3.8, 4) is 17.0 Å². The van der Waals surface area contributed by atoms with Crippen LogP contribution < -0.4 is 10.5 Å². The van der Waals surface area contributed by atoms with Crippen LogP contribution in [0, 0.1) is 0 Å². The average Bonchev–Trinajstić information content (AvgIpc) is 2.78. The largest absolute Gasteiger partial charge is 0.497 e. The van der Waals surface area contributed by atoms with Gasteiger partial charge in [0.15, 0.2) is 0 Å². The second-order valence-corrected chi connectivity index (χ2v) is 3.55. The summed E-state index contributed by atoms with van der Waals surface area (Å²) in [6.45, 7) is 0.629. The van der Waals surface area contributed by atoms with Crippen LogP contribution in [0.1, 0.15) is 5.69 Å². The molecule has 4 nitrogen and oxygen atoms in total. The van der Waals surface area contributed by atoms with Crippen molar-refractivity contribution in [2.45, 2.75) is 6.42 Å². The number of methoxy groups -OCH3 is 1. The van der Waals surface area contributed by atoms with Gasteiger partial charge in [-0.25, -0.2) is 0 Å². The summed E-state index contributed by atoms with van der Waals surface area (Å²) >= 11 is 0. The maximum atomic E-state index is 5.48. The third kappa shape index (κ3) is 2.23. The number of ether oxygens (including phenoxy) is 1. The molecule has 0 saturated carbocycles. The number of hydrogen-bond donors (Lipinski definition) is 2. The summed E-state index contributed by atoms with van der Waals surface area (Å²) in [6, 6.07) is 9.84. The molecule has 0 bridgehead atoms. The Bertz CT molecular complexity index is 448. The molecule has 1 heterocycles. The number of hydrogen-bond acceptors (Lipinski definition) is 3. The Hall–Kier alpha value is -1.81. The monoisotopic (exact) mass is 217 g/mol. The molecule has 3 N–H and O–H groups in total. The highest BCUT2D eigenvalue weighted by Gasteiger charge is 2.03. The van der Waals surface area contributed by atoms with Crippen LogP contribution in [0.4, 0.5) is 0 Å². The molecule has 2 aromatic rings. The van der Waals surface area contributed by atoms with Gasteiger partial charge in [-0.1, -0.05) is 0 Å². The van der Waals surface area contributed by atoms with E-state index in [-0.39, 0.29) is 0 Å². The Morgan fingerprint density at radius 1 is 1.31 bits per heavy atom. The van der Waals surface area contributed by atoms with E-state index in [1.54, 1.807) is 7.11 Å². The molecule has 0 atom stereocenters. The molecular weight excluding hydrogens is 202 g/mol. The SMILES string of the molecule is COc1ccc(-c2cc(CCN)[nH]n2)cc1. The van der Waals surface area contributed by atoms with Crippen molar-refractivity contribution in [1.82, 2.24) is 10.2 Å². The van der Waals surface area contributed by atoms with Gasteiger partial charge in [-0.15, -0.1) is 0 Å². The van der Waals surface area contributed by atoms with Gasteiger partial charge in [0.2, 0.25) is 0 Å². The van der Waals surface area contributed by atoms with Crippen molar-refractivity contribution < 1.29 is 4.74 Å². The lowest BCUT2D eigenvalue weighted by Crippen LogP contribution is -2.02. The minimum Gasteiger partial charge on any atom is -0.497 e. The van der Waals surface area contributed by atoms with Crippen LogP contribution in [-0.2, 0) is 6.42 Å². The summed E-state index contributed by atoms with van der Waals surface area (Å²) in [6.07, 6.45) is 0.823. The normalized spacial score (nSPS) is 10.4. The predicted octanol–water partition coefficient (Wildman–Crippen LogP) is 1.59. The van der Waals surface area contributed by atoms with Gasteiger partial charge >= 0.3 is 0 Å². The Morgan fingerprint density at radius 2 is 2.06 bits per heavy atom. The molecule has 4 heteroatoms. The smallest absolute Gasteiger partial charge is 0.118 e. The third-order valence-corrected chi connectivity index (χ3v) is 2.43. The molecule has 84 valence electrons. The highest BCUT2D eigenvalue weighted by molar-refractivity contribution is 5.60. The van der Waals surface area contributed by atoms with Crippen molar-refractivity contribution >= 4 is 0 Å². The number of aromatic amines is 1. The first-order chi connectivity index (χ1) is 7.83. The zero-order valence-electron chi connectivity index (χ0n) is 9.23. The van der Waals surface area contributed by atoms with E-state index in [1.807, 2.05) is 30.3 Å². The summed E-state index contributed by atoms with van der Waals surface area (Å²) in [5, 5.41) is 7.21. The molecule has 1 aromatic carbocycles. The van der Waals surface area contributed by atoms with E-state index >= 15 is 0 Å². The standard InChI is InChI=1S/C12H15N3O/c1-16-11-4-2-9(3-5-11)12-8-10(6-7-13)14-15-12/h2-5,8H,6-7,13H2,1H3,(H,14,15). The highest BCUT2D eigenvalue weighted by atomic mass is 16.5. The fourth-order valence-electron chi connectivity index (χ4n) is 1.55. The van der Waals surface area contributed by atoms with Crippen molar-refractivity contribution in [1.29, 1.82) is 0 Å². The molecule has 1 aromatic heterocycles. The maximum Gasteiger partial charge on any atom is 0.118 e. The average molecular weight is 217 g/mol. The topological polar surface area (TPSA) is 63.9 Å². The van der Waals surface area contributed by atoms with E-state index in [4.69, 9.17) is 10.5 Å². The van der Waals surface area contributed by atoms with Gasteiger partial charge in [0, 0.05) is 17.7 Å². The molecule has 0 saturated heterocycles. The number of rotatable bonds is 4. The second-order valence-electron chi connectivity index (χ2n) is 3.55. The molecule has 0 aliphatic heterocycles. The van der Waals surface area contributed by atoms with E-state index in [2.05, 4.69) is 10.2 Å². The second kappa shape index (κ2) is 4.81. The number of aromatic nitrogens is 2. The van der Waals surface area contributed by atoms with Crippen molar-refractivity contribution in [3.63, 3.8) is 0 Å². The van der Waals surface area contributed by atoms with E-state index < -0.39 is 0 Å². The van der Waals surface area contributed by atoms with Crippen molar-refractivity contribution in [2.75, 3.05) is 13.7 Å². The Balaban J connectivity index is 2.21. The molecule has 2 rings (SSSR count). The van der Waals surface area contributed by atoms with Gasteiger partial charge in [0.05, 0.1) is 12.8 Å². The number of nitrogens with one attached hydrogen (secondary N) is 1. The summed E-state index contributed by atoms with van der Waals surface area (Å²) in [7, 11) is 1.66. The molecule has 0 unspecified atom stereocenters. The molecule has 0 spiro atoms. The quantitative estimate of drug-likeness (QED) is 0.817. The van der Waals surface area contributed by atoms with Gasteiger partial charge in [-0.05, 0) is 36.9 Å². The van der Waals surface area contributed by atoms with Crippen LogP contribution in [0.5, 0.6) is 5.75 Å². The number of benzene rings is 1. The third-order valence-electron chi connectivity index (χ3n) is 2.43. The van der Waals surface area contributed by atoms with Crippen LogP contribution in [0.2, 0.25) is 0 Å². The van der Waals surface area contributed by atoms with Crippen LogP contribution in [0.25, 0.3) is 11.3 Å². The van der Waals surface area contributed by atoms with E-state index in [0.717, 1.165) is 29.1 Å². The number of nitrogens with zero attached hydrogens (tertiary/aromatic N) is 1. The summed E-state index contributed by atoms with van der Waals surface area (Å²) in [4.78, 5) is 0. The van der Waals surface area contributed by atoms with E-state index in [9.17, 15) is 0 Å². The first kappa shape index (κ1) is 10.7. The molecule has 0 amide bonds. The lowest BCUT2D eigenvalue weighted by atomic mass is 10.1. The predicted molar refractivity (Wildman–Crippen MR) is 63.3 cm³/mol. The molecule has 0 aliphatic rings. The Labute approximate surface area is 94.4 Å². The maximum absolute atomic E-state index is 5.48. The minimum absolute atomic E-state index is 0.629. The van der Waals surface area contributed by atoms with Gasteiger partial charge in [0.25, 0.3) is 0 Å². The summed E-state index contributed by atoms with van der Waals surface area (Å²) < 4.78 is 5.10. The summed E-state index contributed by atoms with van der Waals surface area (Å²) in [5.74, 6) is 0.849. The van der Waals surface area contributed by atoms with Gasteiger partial charge in [0.1, 0.15) is 5.75 Å². The van der Waals surface area contributed by atoms with Crippen LogP contribution >= 0.6 is 0 Å². The van der Waals surface area contributed by atoms with Crippen LogP contribution in [0.15, 0.2) is 30.3 Å². The lowest BCUT2D eigenvalue weighted by molar-refractivity contribution is 0.415. The highest BCUT2D eigenvalue weighted by Crippen LogP contribution is 2.20. The fourth-order valence-corrected chi connectivity index (χ4v) is 1.55. The first-order valence-electron chi connectivity index (χ1n) is 5.22. The van der Waals surface area contributed by atoms with Crippen molar-refractivity contribution in [3.05, 3.63) is 36.0 Å². The molecular formula is C12H15N3O. The van der Waals surface area contributed by atoms with Gasteiger partial charge in [-0.3, -0.25) is 5.10 Å². The van der Waals surface area contributed by atoms with Crippen LogP contribution in [-0.4, -0.2) is 23.9 Å². The Kier molecular flexibility index (Phi) is 3.22. The zero-order chi connectivity index (χ0) is 11.4. The lowest BCUT2D eigenvalue weighted by Gasteiger charge is -1.99. The fraction of sp³-hybridized carbons (Fsp3) is 0.250. The van der Waals surface area contributed by atoms with Crippen LogP contribution in [0.3, 0.4) is 0 Å². The molecule has 0 aliphatic carbocycles. The minimum atomic E-state index is 0.629. The van der Waals surface area contributed by atoms with Gasteiger partial charge in [-0.2, -0.15) is 5.10 Å². The van der Waals surface area contributed by atoms with E-state index in [1.165, 1.54) is 0 Å². The zero-order valence-corrected chi connectivity index (χ0v) is 9.23. The molecule has 0 fully saturated rings. The molecule has 16 heavy (non-hydrogen) atoms.